The Morgan fingerprint density at radius 1 is 1.52 bits per heavy atom. The summed E-state index contributed by atoms with van der Waals surface area (Å²) in [6.07, 6.45) is 2.64. The van der Waals surface area contributed by atoms with Crippen LogP contribution in [-0.4, -0.2) is 39.5 Å². The van der Waals surface area contributed by atoms with E-state index in [1.165, 1.54) is 0 Å². The number of nitro groups is 1. The molecule has 112 valence electrons. The zero-order valence-corrected chi connectivity index (χ0v) is 11.1. The second-order valence-electron chi connectivity index (χ2n) is 4.75. The van der Waals surface area contributed by atoms with Crippen LogP contribution in [0.5, 0.6) is 0 Å². The molecule has 0 aliphatic heterocycles. The molecule has 21 heavy (non-hydrogen) atoms. The summed E-state index contributed by atoms with van der Waals surface area (Å²) < 4.78 is 0. The van der Waals surface area contributed by atoms with Gasteiger partial charge in [-0.1, -0.05) is 0 Å². The van der Waals surface area contributed by atoms with Gasteiger partial charge in [0.1, 0.15) is 12.0 Å². The van der Waals surface area contributed by atoms with Gasteiger partial charge in [0.15, 0.2) is 0 Å². The fourth-order valence-electron chi connectivity index (χ4n) is 2.02. The minimum atomic E-state index is -0.969. The molecule has 9 nitrogen and oxygen atoms in total. The highest BCUT2D eigenvalue weighted by Gasteiger charge is 2.33. The lowest BCUT2D eigenvalue weighted by molar-refractivity contribution is -0.385. The van der Waals surface area contributed by atoms with Crippen LogP contribution in [0, 0.1) is 10.1 Å². The molecule has 1 heterocycles. The molecule has 9 heteroatoms. The van der Waals surface area contributed by atoms with E-state index in [1.807, 2.05) is 0 Å². The van der Waals surface area contributed by atoms with E-state index >= 15 is 0 Å². The number of nitrogens with zero attached hydrogens (tertiary/aromatic N) is 3. The van der Waals surface area contributed by atoms with Gasteiger partial charge in [-0.05, 0) is 12.8 Å². The van der Waals surface area contributed by atoms with Crippen molar-refractivity contribution in [2.24, 2.45) is 5.73 Å². The van der Waals surface area contributed by atoms with E-state index in [-0.39, 0.29) is 36.1 Å². The zero-order chi connectivity index (χ0) is 15.6. The van der Waals surface area contributed by atoms with Gasteiger partial charge in [0.25, 0.3) is 11.6 Å². The number of hydrogen-bond acceptors (Lipinski definition) is 6. The summed E-state index contributed by atoms with van der Waals surface area (Å²) in [6.45, 7) is 0.172. The first kappa shape index (κ1) is 14.7. The average Bonchev–Trinajstić information content (AvgIpc) is 3.23. The molecular weight excluding hydrogens is 280 g/mol. The quantitative estimate of drug-likeness (QED) is 0.552. The second-order valence-corrected chi connectivity index (χ2v) is 4.75. The zero-order valence-electron chi connectivity index (χ0n) is 11.1. The number of carbonyl (C=O) groups is 2. The maximum absolute atomic E-state index is 11.5. The van der Waals surface area contributed by atoms with Gasteiger partial charge in [-0.15, -0.1) is 0 Å². The summed E-state index contributed by atoms with van der Waals surface area (Å²) in [4.78, 5) is 37.9. The first-order valence-corrected chi connectivity index (χ1v) is 6.33. The number of carbonyl (C=O) groups excluding carboxylic acids is 1. The van der Waals surface area contributed by atoms with Crippen LogP contribution in [0.1, 0.15) is 29.6 Å². The number of aliphatic carboxylic acids is 1. The van der Waals surface area contributed by atoms with E-state index in [2.05, 4.69) is 4.98 Å². The van der Waals surface area contributed by atoms with E-state index in [0.717, 1.165) is 25.1 Å². The molecule has 2 rings (SSSR count). The molecule has 1 amide bonds. The van der Waals surface area contributed by atoms with Gasteiger partial charge in [-0.3, -0.25) is 19.7 Å². The van der Waals surface area contributed by atoms with Crippen molar-refractivity contribution >= 4 is 23.4 Å². The number of hydrogen-bond donors (Lipinski definition) is 2. The molecule has 1 aromatic rings. The number of aromatic nitrogens is 1. The average molecular weight is 294 g/mol. The molecule has 0 bridgehead atoms. The Labute approximate surface area is 119 Å². The van der Waals surface area contributed by atoms with Gasteiger partial charge in [0, 0.05) is 18.7 Å². The number of amides is 1. The first-order valence-electron chi connectivity index (χ1n) is 6.33. The Balaban J connectivity index is 2.36. The predicted molar refractivity (Wildman–Crippen MR) is 72.0 cm³/mol. The van der Waals surface area contributed by atoms with Crippen LogP contribution in [-0.2, 0) is 4.79 Å². The Hall–Kier alpha value is -2.71. The van der Waals surface area contributed by atoms with Crippen molar-refractivity contribution in [1.82, 2.24) is 4.98 Å². The molecule has 0 aromatic carbocycles. The van der Waals surface area contributed by atoms with Gasteiger partial charge < -0.3 is 15.7 Å². The smallest absolute Gasteiger partial charge is 0.305 e. The molecule has 1 aromatic heterocycles. The van der Waals surface area contributed by atoms with Crippen LogP contribution >= 0.6 is 0 Å². The third-order valence-corrected chi connectivity index (χ3v) is 3.15. The minimum Gasteiger partial charge on any atom is -0.481 e. The molecule has 0 atom stereocenters. The fraction of sp³-hybridized carbons (Fsp3) is 0.417. The van der Waals surface area contributed by atoms with Crippen molar-refractivity contribution in [2.75, 3.05) is 11.4 Å². The van der Waals surface area contributed by atoms with E-state index in [0.29, 0.717) is 0 Å². The number of nitrogens with two attached hydrogens (primary N) is 1. The summed E-state index contributed by atoms with van der Waals surface area (Å²) in [5.41, 5.74) is 4.85. The third-order valence-electron chi connectivity index (χ3n) is 3.15. The summed E-state index contributed by atoms with van der Waals surface area (Å²) in [5, 5.41) is 19.5. The Morgan fingerprint density at radius 3 is 2.67 bits per heavy atom. The monoisotopic (exact) mass is 294 g/mol. The van der Waals surface area contributed by atoms with Crippen molar-refractivity contribution in [3.8, 4) is 0 Å². The number of carboxylic acids is 1. The molecule has 1 aliphatic carbocycles. The van der Waals surface area contributed by atoms with E-state index in [1.54, 1.807) is 4.90 Å². The fourth-order valence-corrected chi connectivity index (χ4v) is 2.02. The maximum Gasteiger partial charge on any atom is 0.305 e. The molecule has 1 saturated carbocycles. The lowest BCUT2D eigenvalue weighted by atomic mass is 10.2. The number of rotatable bonds is 7. The number of primary amides is 1. The standard InChI is InChI=1S/C12H14N4O5/c13-11(19)9-5-8(16(20)21)6-14-12(9)15(7-1-2-7)4-3-10(17)18/h5-7H,1-4H2,(H2,13,19)(H,17,18). The van der Waals surface area contributed by atoms with Crippen LogP contribution in [0.25, 0.3) is 0 Å². The summed E-state index contributed by atoms with van der Waals surface area (Å²) >= 11 is 0. The van der Waals surface area contributed by atoms with E-state index in [9.17, 15) is 19.7 Å². The van der Waals surface area contributed by atoms with Crippen LogP contribution in [0.15, 0.2) is 12.3 Å². The molecule has 0 unspecified atom stereocenters. The SMILES string of the molecule is NC(=O)c1cc([N+](=O)[O-])cnc1N(CCC(=O)O)C1CC1. The van der Waals surface area contributed by atoms with Gasteiger partial charge in [0.05, 0.1) is 16.9 Å². The van der Waals surface area contributed by atoms with Gasteiger partial charge in [0.2, 0.25) is 0 Å². The normalized spacial score (nSPS) is 13.7. The van der Waals surface area contributed by atoms with Crippen molar-refractivity contribution in [3.05, 3.63) is 27.9 Å². The summed E-state index contributed by atoms with van der Waals surface area (Å²) in [5.74, 6) is -1.60. The van der Waals surface area contributed by atoms with Crippen molar-refractivity contribution in [3.63, 3.8) is 0 Å². The van der Waals surface area contributed by atoms with Crippen LogP contribution < -0.4 is 10.6 Å². The molecule has 0 spiro atoms. The lowest BCUT2D eigenvalue weighted by Gasteiger charge is -2.24. The molecule has 0 saturated heterocycles. The number of anilines is 1. The highest BCUT2D eigenvalue weighted by Crippen LogP contribution is 2.33. The molecule has 3 N–H and O–H groups in total. The minimum absolute atomic E-state index is 0.0681. The Morgan fingerprint density at radius 2 is 2.19 bits per heavy atom. The van der Waals surface area contributed by atoms with E-state index in [4.69, 9.17) is 10.8 Å². The third kappa shape index (κ3) is 3.44. The Kier molecular flexibility index (Phi) is 4.01. The highest BCUT2D eigenvalue weighted by molar-refractivity contribution is 5.98. The lowest BCUT2D eigenvalue weighted by Crippen LogP contribution is -2.31. The topological polar surface area (TPSA) is 140 Å². The first-order chi connectivity index (χ1) is 9.90. The van der Waals surface area contributed by atoms with Gasteiger partial charge in [-0.2, -0.15) is 0 Å². The maximum atomic E-state index is 11.5. The second kappa shape index (κ2) is 5.73. The predicted octanol–water partition coefficient (Wildman–Crippen LogP) is 0.532. The number of carboxylic acid groups (broad SMARTS) is 1. The molecule has 0 radical (unpaired) electrons. The Bertz CT molecular complexity index is 599. The van der Waals surface area contributed by atoms with E-state index < -0.39 is 16.8 Å². The van der Waals surface area contributed by atoms with Crippen molar-refractivity contribution in [2.45, 2.75) is 25.3 Å². The molecule has 1 fully saturated rings. The summed E-state index contributed by atoms with van der Waals surface area (Å²) in [7, 11) is 0. The molecular formula is C12H14N4O5. The van der Waals surface area contributed by atoms with Crippen molar-refractivity contribution < 1.29 is 19.6 Å². The molecule has 1 aliphatic rings. The van der Waals surface area contributed by atoms with Crippen LogP contribution in [0.2, 0.25) is 0 Å². The van der Waals surface area contributed by atoms with Gasteiger partial charge in [-0.25, -0.2) is 4.98 Å². The highest BCUT2D eigenvalue weighted by atomic mass is 16.6. The van der Waals surface area contributed by atoms with Crippen molar-refractivity contribution in [1.29, 1.82) is 0 Å². The summed E-state index contributed by atoms with van der Waals surface area (Å²) in [6, 6.07) is 1.16. The van der Waals surface area contributed by atoms with Gasteiger partial charge >= 0.3 is 5.97 Å². The van der Waals surface area contributed by atoms with Crippen LogP contribution in [0.3, 0.4) is 0 Å². The van der Waals surface area contributed by atoms with Crippen LogP contribution in [0.4, 0.5) is 11.5 Å². The number of pyridine rings is 1. The largest absolute Gasteiger partial charge is 0.481 e.